The number of hydrogen-bond acceptors (Lipinski definition) is 4. The number of halogens is 4. The molecule has 0 bridgehead atoms. The molecule has 112 valence electrons. The molecule has 9 heteroatoms. The highest BCUT2D eigenvalue weighted by atomic mass is 19.4. The monoisotopic (exact) mass is 303 g/mol. The minimum atomic E-state index is -4.70. The van der Waals surface area contributed by atoms with E-state index in [1.807, 2.05) is 0 Å². The summed E-state index contributed by atoms with van der Waals surface area (Å²) in [5.74, 6) is -2.26. The van der Waals surface area contributed by atoms with Crippen LogP contribution in [0.15, 0.2) is 18.2 Å². The Labute approximate surface area is 115 Å². The maximum absolute atomic E-state index is 13.7. The van der Waals surface area contributed by atoms with Crippen molar-refractivity contribution in [2.24, 2.45) is 7.05 Å². The van der Waals surface area contributed by atoms with Gasteiger partial charge < -0.3 is 5.11 Å². The van der Waals surface area contributed by atoms with Gasteiger partial charge in [0, 0.05) is 7.05 Å². The lowest BCUT2D eigenvalue weighted by molar-refractivity contribution is -0.137. The van der Waals surface area contributed by atoms with E-state index >= 15 is 0 Å². The van der Waals surface area contributed by atoms with E-state index in [9.17, 15) is 22.4 Å². The molecular formula is C12H9F4N3O2. The fraction of sp³-hybridized carbons (Fsp3) is 0.250. The third kappa shape index (κ3) is 2.77. The van der Waals surface area contributed by atoms with E-state index in [0.717, 1.165) is 10.7 Å². The van der Waals surface area contributed by atoms with Crippen molar-refractivity contribution in [2.45, 2.75) is 12.8 Å². The van der Waals surface area contributed by atoms with Gasteiger partial charge in [-0.1, -0.05) is 5.21 Å². The van der Waals surface area contributed by atoms with Gasteiger partial charge in [0.2, 0.25) is 5.78 Å². The van der Waals surface area contributed by atoms with Gasteiger partial charge >= 0.3 is 6.18 Å². The first-order chi connectivity index (χ1) is 9.75. The van der Waals surface area contributed by atoms with Gasteiger partial charge in [-0.15, -0.1) is 5.10 Å². The summed E-state index contributed by atoms with van der Waals surface area (Å²) in [6, 6.07) is 1.57. The number of aliphatic hydroxyl groups excluding tert-OH is 1. The SMILES string of the molecule is Cn1nnc(C(=O)c2ccc(C(F)(F)F)cc2F)c1CO. The number of aliphatic hydroxyl groups is 1. The molecule has 0 saturated carbocycles. The van der Waals surface area contributed by atoms with E-state index < -0.39 is 35.5 Å². The Kier molecular flexibility index (Phi) is 3.77. The number of benzene rings is 1. The number of carbonyl (C=O) groups excluding carboxylic acids is 1. The number of nitrogens with zero attached hydrogens (tertiary/aromatic N) is 3. The molecule has 5 nitrogen and oxygen atoms in total. The molecule has 0 aliphatic rings. The lowest BCUT2D eigenvalue weighted by Crippen LogP contribution is -2.11. The van der Waals surface area contributed by atoms with Gasteiger partial charge in [-0.05, 0) is 18.2 Å². The van der Waals surface area contributed by atoms with Crippen LogP contribution in [0, 0.1) is 5.82 Å². The summed E-state index contributed by atoms with van der Waals surface area (Å²) >= 11 is 0. The zero-order valence-corrected chi connectivity index (χ0v) is 10.6. The number of carbonyl (C=O) groups is 1. The molecule has 1 aromatic heterocycles. The third-order valence-corrected chi connectivity index (χ3v) is 2.85. The van der Waals surface area contributed by atoms with Crippen molar-refractivity contribution in [3.8, 4) is 0 Å². The molecule has 1 heterocycles. The second-order valence-electron chi connectivity index (χ2n) is 4.19. The Morgan fingerprint density at radius 3 is 2.57 bits per heavy atom. The molecule has 1 aromatic carbocycles. The summed E-state index contributed by atoms with van der Waals surface area (Å²) < 4.78 is 52.1. The van der Waals surface area contributed by atoms with Crippen molar-refractivity contribution in [3.63, 3.8) is 0 Å². The van der Waals surface area contributed by atoms with E-state index in [4.69, 9.17) is 5.11 Å². The maximum atomic E-state index is 13.7. The average Bonchev–Trinajstić information content (AvgIpc) is 2.77. The lowest BCUT2D eigenvalue weighted by Gasteiger charge is -2.08. The van der Waals surface area contributed by atoms with Gasteiger partial charge in [0.15, 0.2) is 5.69 Å². The number of ketones is 1. The molecule has 0 aliphatic heterocycles. The maximum Gasteiger partial charge on any atom is 0.416 e. The predicted octanol–water partition coefficient (Wildman–Crippen LogP) is 1.70. The molecular weight excluding hydrogens is 294 g/mol. The molecule has 0 fully saturated rings. The first kappa shape index (κ1) is 15.1. The smallest absolute Gasteiger partial charge is 0.390 e. The van der Waals surface area contributed by atoms with Gasteiger partial charge in [-0.2, -0.15) is 13.2 Å². The Morgan fingerprint density at radius 2 is 2.05 bits per heavy atom. The molecule has 1 N–H and O–H groups in total. The largest absolute Gasteiger partial charge is 0.416 e. The summed E-state index contributed by atoms with van der Waals surface area (Å²) in [5.41, 5.74) is -2.03. The van der Waals surface area contributed by atoms with Crippen LogP contribution in [0.1, 0.15) is 27.3 Å². The van der Waals surface area contributed by atoms with E-state index in [1.165, 1.54) is 7.05 Å². The van der Waals surface area contributed by atoms with Crippen LogP contribution in [-0.4, -0.2) is 25.9 Å². The summed E-state index contributed by atoms with van der Waals surface area (Å²) in [6.45, 7) is -0.563. The molecule has 0 amide bonds. The van der Waals surface area contributed by atoms with Crippen molar-refractivity contribution < 1.29 is 27.5 Å². The highest BCUT2D eigenvalue weighted by Crippen LogP contribution is 2.30. The van der Waals surface area contributed by atoms with E-state index in [-0.39, 0.29) is 17.5 Å². The van der Waals surface area contributed by atoms with Crippen LogP contribution in [0.25, 0.3) is 0 Å². The Hall–Kier alpha value is -2.29. The molecule has 2 rings (SSSR count). The number of aryl methyl sites for hydroxylation is 1. The summed E-state index contributed by atoms with van der Waals surface area (Å²) in [7, 11) is 1.42. The average molecular weight is 303 g/mol. The normalized spacial score (nSPS) is 11.7. The fourth-order valence-electron chi connectivity index (χ4n) is 1.73. The van der Waals surface area contributed by atoms with Crippen LogP contribution in [0.4, 0.5) is 17.6 Å². The molecule has 0 spiro atoms. The summed E-state index contributed by atoms with van der Waals surface area (Å²) in [4.78, 5) is 12.1. The third-order valence-electron chi connectivity index (χ3n) is 2.85. The van der Waals surface area contributed by atoms with E-state index in [0.29, 0.717) is 6.07 Å². The van der Waals surface area contributed by atoms with Crippen molar-refractivity contribution in [3.05, 3.63) is 46.5 Å². The number of aromatic nitrogens is 3. The zero-order valence-electron chi connectivity index (χ0n) is 10.6. The van der Waals surface area contributed by atoms with Crippen LogP contribution in [0.5, 0.6) is 0 Å². The predicted molar refractivity (Wildman–Crippen MR) is 61.8 cm³/mol. The first-order valence-electron chi connectivity index (χ1n) is 5.66. The summed E-state index contributed by atoms with van der Waals surface area (Å²) in [6.07, 6.45) is -4.70. The van der Waals surface area contributed by atoms with E-state index in [1.54, 1.807) is 0 Å². The molecule has 0 atom stereocenters. The minimum absolute atomic E-state index is 0.0410. The Morgan fingerprint density at radius 1 is 1.38 bits per heavy atom. The highest BCUT2D eigenvalue weighted by Gasteiger charge is 2.32. The highest BCUT2D eigenvalue weighted by molar-refractivity contribution is 6.08. The lowest BCUT2D eigenvalue weighted by atomic mass is 10.0. The molecule has 0 saturated heterocycles. The van der Waals surface area contributed by atoms with Gasteiger partial charge in [0.1, 0.15) is 5.82 Å². The standard InChI is InChI=1S/C12H9F4N3O2/c1-19-9(5-20)10(17-18-19)11(21)7-3-2-6(4-8(7)13)12(14,15)16/h2-4,20H,5H2,1H3. The van der Waals surface area contributed by atoms with Crippen molar-refractivity contribution in [1.29, 1.82) is 0 Å². The van der Waals surface area contributed by atoms with Crippen molar-refractivity contribution in [2.75, 3.05) is 0 Å². The van der Waals surface area contributed by atoms with Crippen LogP contribution in [0.3, 0.4) is 0 Å². The molecule has 21 heavy (non-hydrogen) atoms. The van der Waals surface area contributed by atoms with Gasteiger partial charge in [-0.3, -0.25) is 4.79 Å². The fourth-order valence-corrected chi connectivity index (χ4v) is 1.73. The Balaban J connectivity index is 2.45. The van der Waals surface area contributed by atoms with Gasteiger partial charge in [0.25, 0.3) is 0 Å². The number of rotatable bonds is 3. The molecule has 0 unspecified atom stereocenters. The van der Waals surface area contributed by atoms with Gasteiger partial charge in [-0.25, -0.2) is 9.07 Å². The van der Waals surface area contributed by atoms with Crippen molar-refractivity contribution >= 4 is 5.78 Å². The zero-order chi connectivity index (χ0) is 15.8. The topological polar surface area (TPSA) is 68.0 Å². The summed E-state index contributed by atoms with van der Waals surface area (Å²) in [5, 5.41) is 16.1. The van der Waals surface area contributed by atoms with Crippen LogP contribution in [0.2, 0.25) is 0 Å². The Bertz CT molecular complexity index is 694. The molecule has 0 radical (unpaired) electrons. The first-order valence-corrected chi connectivity index (χ1v) is 5.66. The van der Waals surface area contributed by atoms with Gasteiger partial charge in [0.05, 0.1) is 23.4 Å². The van der Waals surface area contributed by atoms with Crippen LogP contribution >= 0.6 is 0 Å². The number of alkyl halides is 3. The second-order valence-corrected chi connectivity index (χ2v) is 4.19. The van der Waals surface area contributed by atoms with Crippen LogP contribution < -0.4 is 0 Å². The van der Waals surface area contributed by atoms with Crippen LogP contribution in [-0.2, 0) is 19.8 Å². The molecule has 2 aromatic rings. The number of hydrogen-bond donors (Lipinski definition) is 1. The second kappa shape index (κ2) is 5.24. The molecule has 0 aliphatic carbocycles. The minimum Gasteiger partial charge on any atom is -0.390 e. The quantitative estimate of drug-likeness (QED) is 0.692. The van der Waals surface area contributed by atoms with E-state index in [2.05, 4.69) is 10.3 Å². The van der Waals surface area contributed by atoms with Crippen molar-refractivity contribution in [1.82, 2.24) is 15.0 Å².